The van der Waals surface area contributed by atoms with E-state index in [1.165, 1.54) is 38.5 Å². The number of furan rings is 1. The summed E-state index contributed by atoms with van der Waals surface area (Å²) < 4.78 is 15.0. The number of fused-ring (bicyclic) bond motifs is 8. The lowest BCUT2D eigenvalue weighted by Gasteiger charge is -2.13. The Bertz CT molecular complexity index is 2630. The van der Waals surface area contributed by atoms with Crippen LogP contribution in [0.1, 0.15) is 11.8 Å². The molecule has 7 aromatic carbocycles. The van der Waals surface area contributed by atoms with Crippen LogP contribution in [-0.2, 0) is 0 Å². The number of nitrogens with zero attached hydrogens (tertiary/aromatic N) is 1. The lowest BCUT2D eigenvalue weighted by molar-refractivity contribution is 0.263. The summed E-state index contributed by atoms with van der Waals surface area (Å²) in [6.45, 7) is 0. The highest BCUT2D eigenvalue weighted by molar-refractivity contribution is 6.11. The molecular formula is C43H28N2O2. The number of nitrogens with one attached hydrogen (secondary N) is 1. The molecule has 1 N–H and O–H groups in total. The third-order valence-electron chi connectivity index (χ3n) is 9.45. The van der Waals surface area contributed by atoms with E-state index >= 15 is 0 Å². The first-order valence-electron chi connectivity index (χ1n) is 16.0. The average molecular weight is 605 g/mol. The number of benzene rings is 7. The number of ether oxygens (including phenoxy) is 1. The molecule has 9 aromatic rings. The van der Waals surface area contributed by atoms with Crippen LogP contribution in [0.15, 0.2) is 162 Å². The number of rotatable bonds is 4. The maximum atomic E-state index is 6.54. The fourth-order valence-corrected chi connectivity index (χ4v) is 7.20. The molecule has 4 nitrogen and oxygen atoms in total. The Morgan fingerprint density at radius 3 is 2.09 bits per heavy atom. The van der Waals surface area contributed by atoms with E-state index in [9.17, 15) is 0 Å². The predicted molar refractivity (Wildman–Crippen MR) is 192 cm³/mol. The van der Waals surface area contributed by atoms with Gasteiger partial charge in [0.1, 0.15) is 11.2 Å². The molecule has 0 bridgehead atoms. The first-order chi connectivity index (χ1) is 23.3. The second kappa shape index (κ2) is 10.1. The standard InChI is InChI=1S/C43H28N2O2/c1-2-9-27(10-3-1)30-11-8-12-32(25-30)45-37-15-6-4-13-33(37)34-22-21-31(26-38(34)45)28-17-19-29(20-18-28)43-44-36-23-24-40-41(42(36)47-43)35-14-5-7-16-39(35)46-40/h1-26,43-44H. The van der Waals surface area contributed by atoms with Crippen LogP contribution in [-0.4, -0.2) is 4.57 Å². The van der Waals surface area contributed by atoms with Crippen molar-refractivity contribution in [2.24, 2.45) is 0 Å². The molecule has 47 heavy (non-hydrogen) atoms. The van der Waals surface area contributed by atoms with Crippen molar-refractivity contribution in [2.45, 2.75) is 6.23 Å². The van der Waals surface area contributed by atoms with Gasteiger partial charge in [0, 0.05) is 27.4 Å². The minimum Gasteiger partial charge on any atom is -0.464 e. The van der Waals surface area contributed by atoms with Crippen LogP contribution in [0.4, 0.5) is 5.69 Å². The minimum absolute atomic E-state index is 0.278. The highest BCUT2D eigenvalue weighted by Crippen LogP contribution is 2.47. The zero-order valence-corrected chi connectivity index (χ0v) is 25.4. The van der Waals surface area contributed by atoms with Crippen LogP contribution in [0.3, 0.4) is 0 Å². The van der Waals surface area contributed by atoms with Gasteiger partial charge in [-0.05, 0) is 64.7 Å². The predicted octanol–water partition coefficient (Wildman–Crippen LogP) is 11.5. The number of hydrogen-bond donors (Lipinski definition) is 1. The molecule has 10 rings (SSSR count). The largest absolute Gasteiger partial charge is 0.464 e. The molecule has 2 aromatic heterocycles. The average Bonchev–Trinajstić information content (AvgIpc) is 3.83. The molecule has 0 amide bonds. The molecule has 0 saturated carbocycles. The zero-order chi connectivity index (χ0) is 30.9. The van der Waals surface area contributed by atoms with Gasteiger partial charge in [-0.3, -0.25) is 0 Å². The van der Waals surface area contributed by atoms with Gasteiger partial charge in [-0.25, -0.2) is 0 Å². The fourth-order valence-electron chi connectivity index (χ4n) is 7.20. The molecule has 3 heterocycles. The van der Waals surface area contributed by atoms with Crippen LogP contribution in [0.2, 0.25) is 0 Å². The molecule has 0 saturated heterocycles. The van der Waals surface area contributed by atoms with Gasteiger partial charge in [0.15, 0.2) is 12.0 Å². The summed E-state index contributed by atoms with van der Waals surface area (Å²) >= 11 is 0. The minimum atomic E-state index is -0.278. The highest BCUT2D eigenvalue weighted by Gasteiger charge is 2.27. The van der Waals surface area contributed by atoms with Crippen molar-refractivity contribution in [1.82, 2.24) is 4.57 Å². The summed E-state index contributed by atoms with van der Waals surface area (Å²) in [5, 5.41) is 8.14. The van der Waals surface area contributed by atoms with E-state index in [-0.39, 0.29) is 6.23 Å². The Balaban J connectivity index is 1.02. The topological polar surface area (TPSA) is 39.3 Å². The van der Waals surface area contributed by atoms with Crippen molar-refractivity contribution < 1.29 is 9.15 Å². The van der Waals surface area contributed by atoms with Gasteiger partial charge in [0.2, 0.25) is 0 Å². The maximum Gasteiger partial charge on any atom is 0.196 e. The molecule has 0 radical (unpaired) electrons. The molecule has 4 heteroatoms. The van der Waals surface area contributed by atoms with Gasteiger partial charge in [-0.1, -0.05) is 115 Å². The molecule has 1 aliphatic heterocycles. The van der Waals surface area contributed by atoms with Gasteiger partial charge >= 0.3 is 0 Å². The van der Waals surface area contributed by atoms with Crippen molar-refractivity contribution in [3.8, 4) is 33.7 Å². The second-order valence-electron chi connectivity index (χ2n) is 12.2. The summed E-state index contributed by atoms with van der Waals surface area (Å²) in [6, 6.07) is 55.8. The van der Waals surface area contributed by atoms with Crippen LogP contribution < -0.4 is 10.1 Å². The monoisotopic (exact) mass is 604 g/mol. The Labute approximate surface area is 271 Å². The summed E-state index contributed by atoms with van der Waals surface area (Å²) in [4.78, 5) is 0. The molecule has 0 aliphatic carbocycles. The third kappa shape index (κ3) is 4.08. The number of hydrogen-bond acceptors (Lipinski definition) is 3. The summed E-state index contributed by atoms with van der Waals surface area (Å²) in [5.41, 5.74) is 12.0. The SMILES string of the molecule is c1ccc(-c2cccc(-n3c4ccccc4c4ccc(-c5ccc(C6Nc7ccc8oc9ccccc9c8c7O6)cc5)cc43)c2)cc1. The Hall–Kier alpha value is -6.26. The van der Waals surface area contributed by atoms with Gasteiger partial charge in [-0.2, -0.15) is 0 Å². The van der Waals surface area contributed by atoms with E-state index < -0.39 is 0 Å². The molecule has 1 atom stereocenters. The van der Waals surface area contributed by atoms with Gasteiger partial charge in [0.05, 0.1) is 22.1 Å². The lowest BCUT2D eigenvalue weighted by Crippen LogP contribution is -2.09. The van der Waals surface area contributed by atoms with Crippen LogP contribution >= 0.6 is 0 Å². The van der Waals surface area contributed by atoms with Crippen LogP contribution in [0.25, 0.3) is 71.7 Å². The van der Waals surface area contributed by atoms with Crippen LogP contribution in [0, 0.1) is 0 Å². The van der Waals surface area contributed by atoms with Gasteiger partial charge < -0.3 is 19.0 Å². The van der Waals surface area contributed by atoms with E-state index in [1.54, 1.807) is 0 Å². The van der Waals surface area contributed by atoms with E-state index in [2.05, 4.69) is 137 Å². The molecule has 0 spiro atoms. The summed E-state index contributed by atoms with van der Waals surface area (Å²) in [6.07, 6.45) is -0.278. The number of aromatic nitrogens is 1. The Morgan fingerprint density at radius 2 is 1.19 bits per heavy atom. The van der Waals surface area contributed by atoms with E-state index in [0.717, 1.165) is 50.2 Å². The van der Waals surface area contributed by atoms with E-state index in [1.807, 2.05) is 30.3 Å². The molecule has 1 aliphatic rings. The van der Waals surface area contributed by atoms with Gasteiger partial charge in [-0.15, -0.1) is 0 Å². The van der Waals surface area contributed by atoms with Crippen molar-refractivity contribution in [3.05, 3.63) is 163 Å². The van der Waals surface area contributed by atoms with E-state index in [0.29, 0.717) is 0 Å². The maximum absolute atomic E-state index is 6.54. The third-order valence-corrected chi connectivity index (χ3v) is 9.45. The first-order valence-corrected chi connectivity index (χ1v) is 16.0. The molecule has 1 unspecified atom stereocenters. The summed E-state index contributed by atoms with van der Waals surface area (Å²) in [5.74, 6) is 0.844. The quantitative estimate of drug-likeness (QED) is 0.217. The van der Waals surface area contributed by atoms with Crippen molar-refractivity contribution in [2.75, 3.05) is 5.32 Å². The number of anilines is 1. The summed E-state index contributed by atoms with van der Waals surface area (Å²) in [7, 11) is 0. The Morgan fingerprint density at radius 1 is 0.489 bits per heavy atom. The van der Waals surface area contributed by atoms with E-state index in [4.69, 9.17) is 9.15 Å². The Kier molecular flexibility index (Phi) is 5.60. The van der Waals surface area contributed by atoms with Gasteiger partial charge in [0.25, 0.3) is 0 Å². The fraction of sp³-hybridized carbons (Fsp3) is 0.0233. The van der Waals surface area contributed by atoms with Crippen LogP contribution in [0.5, 0.6) is 5.75 Å². The smallest absolute Gasteiger partial charge is 0.196 e. The molecule has 222 valence electrons. The molecular weight excluding hydrogens is 576 g/mol. The van der Waals surface area contributed by atoms with Crippen molar-refractivity contribution >= 4 is 49.4 Å². The van der Waals surface area contributed by atoms with Crippen molar-refractivity contribution in [3.63, 3.8) is 0 Å². The lowest BCUT2D eigenvalue weighted by atomic mass is 10.0. The second-order valence-corrected chi connectivity index (χ2v) is 12.2. The number of para-hydroxylation sites is 2. The first kappa shape index (κ1) is 26.0. The highest BCUT2D eigenvalue weighted by atomic mass is 16.5. The zero-order valence-electron chi connectivity index (χ0n) is 25.4. The van der Waals surface area contributed by atoms with Crippen molar-refractivity contribution in [1.29, 1.82) is 0 Å². The molecule has 0 fully saturated rings. The normalized spacial score (nSPS) is 14.1.